The standard InChI is InChI=1S/C23H29N5O3/c1-5-21(30)27-8-9-28(16(3)11-27)22-19-13-26(14-20(19)23(31-4)25-24-22)12-17-10-18(29)7-6-15(17)2/h5-7,10,16,29H,1,8-9,11-14H2,2-4H3/t16-/m0/s1. The lowest BCUT2D eigenvalue weighted by atomic mass is 10.1. The van der Waals surface area contributed by atoms with Crippen LogP contribution in [-0.2, 0) is 24.4 Å². The number of phenols is 1. The molecule has 2 aromatic rings. The number of nitrogens with zero attached hydrogens (tertiary/aromatic N) is 5. The molecule has 1 atom stereocenters. The van der Waals surface area contributed by atoms with Gasteiger partial charge in [0.1, 0.15) is 5.75 Å². The average molecular weight is 424 g/mol. The molecule has 1 fully saturated rings. The van der Waals surface area contributed by atoms with Crippen molar-refractivity contribution in [1.29, 1.82) is 0 Å². The van der Waals surface area contributed by atoms with Crippen LogP contribution in [0.5, 0.6) is 11.6 Å². The third-order valence-corrected chi connectivity index (χ3v) is 6.20. The van der Waals surface area contributed by atoms with Crippen LogP contribution in [0.2, 0.25) is 0 Å². The summed E-state index contributed by atoms with van der Waals surface area (Å²) in [5, 5.41) is 18.8. The van der Waals surface area contributed by atoms with Gasteiger partial charge in [0.2, 0.25) is 11.8 Å². The lowest BCUT2D eigenvalue weighted by Gasteiger charge is -2.40. The van der Waals surface area contributed by atoms with Gasteiger partial charge < -0.3 is 19.6 Å². The van der Waals surface area contributed by atoms with Crippen molar-refractivity contribution in [2.24, 2.45) is 0 Å². The number of ether oxygens (including phenoxy) is 1. The van der Waals surface area contributed by atoms with Crippen molar-refractivity contribution in [2.45, 2.75) is 39.5 Å². The maximum Gasteiger partial charge on any atom is 0.246 e. The van der Waals surface area contributed by atoms with Gasteiger partial charge in [0, 0.05) is 56.4 Å². The minimum absolute atomic E-state index is 0.0368. The number of hydrogen-bond acceptors (Lipinski definition) is 7. The minimum atomic E-state index is -0.0368. The molecule has 0 unspecified atom stereocenters. The van der Waals surface area contributed by atoms with Crippen LogP contribution in [0.25, 0.3) is 0 Å². The quantitative estimate of drug-likeness (QED) is 0.739. The van der Waals surface area contributed by atoms with Crippen molar-refractivity contribution in [2.75, 3.05) is 31.6 Å². The molecule has 164 valence electrons. The van der Waals surface area contributed by atoms with E-state index in [1.165, 1.54) is 6.08 Å². The molecule has 2 aliphatic heterocycles. The van der Waals surface area contributed by atoms with E-state index in [4.69, 9.17) is 4.74 Å². The SMILES string of the molecule is C=CC(=O)N1CCN(c2nnc(OC)c3c2CN(Cc2cc(O)ccc2C)C3)[C@@H](C)C1. The fraction of sp³-hybridized carbons (Fsp3) is 0.435. The first-order valence-corrected chi connectivity index (χ1v) is 10.5. The number of phenolic OH excluding ortho intramolecular Hbond substituents is 1. The zero-order chi connectivity index (χ0) is 22.1. The first-order chi connectivity index (χ1) is 14.9. The number of aromatic nitrogens is 2. The number of aromatic hydroxyl groups is 1. The number of piperazine rings is 1. The maximum absolute atomic E-state index is 12.0. The highest BCUT2D eigenvalue weighted by atomic mass is 16.5. The Morgan fingerprint density at radius 1 is 1.29 bits per heavy atom. The minimum Gasteiger partial charge on any atom is -0.508 e. The van der Waals surface area contributed by atoms with Crippen LogP contribution >= 0.6 is 0 Å². The van der Waals surface area contributed by atoms with E-state index in [9.17, 15) is 9.90 Å². The van der Waals surface area contributed by atoms with Crippen molar-refractivity contribution >= 4 is 11.7 Å². The van der Waals surface area contributed by atoms with E-state index in [1.54, 1.807) is 13.2 Å². The second-order valence-electron chi connectivity index (χ2n) is 8.28. The third kappa shape index (κ3) is 4.07. The molecule has 1 aromatic carbocycles. The van der Waals surface area contributed by atoms with Crippen molar-refractivity contribution < 1.29 is 14.6 Å². The van der Waals surface area contributed by atoms with E-state index < -0.39 is 0 Å². The molecule has 31 heavy (non-hydrogen) atoms. The number of hydrogen-bond donors (Lipinski definition) is 1. The average Bonchev–Trinajstić information content (AvgIpc) is 3.19. The summed E-state index contributed by atoms with van der Waals surface area (Å²) in [6, 6.07) is 5.59. The largest absolute Gasteiger partial charge is 0.508 e. The fourth-order valence-corrected chi connectivity index (χ4v) is 4.49. The Balaban J connectivity index is 1.58. The lowest BCUT2D eigenvalue weighted by Crippen LogP contribution is -2.54. The highest BCUT2D eigenvalue weighted by Crippen LogP contribution is 2.36. The number of aryl methyl sites for hydroxylation is 1. The summed E-state index contributed by atoms with van der Waals surface area (Å²) in [5.41, 5.74) is 4.43. The molecule has 8 heteroatoms. The molecule has 1 amide bonds. The number of rotatable bonds is 5. The van der Waals surface area contributed by atoms with Crippen LogP contribution in [0, 0.1) is 6.92 Å². The van der Waals surface area contributed by atoms with Crippen LogP contribution in [0.4, 0.5) is 5.82 Å². The van der Waals surface area contributed by atoms with Gasteiger partial charge in [-0.05, 0) is 43.2 Å². The molecule has 3 heterocycles. The van der Waals surface area contributed by atoms with E-state index in [-0.39, 0.29) is 17.7 Å². The summed E-state index contributed by atoms with van der Waals surface area (Å²) < 4.78 is 5.51. The predicted octanol–water partition coefficient (Wildman–Crippen LogP) is 2.24. The van der Waals surface area contributed by atoms with Crippen molar-refractivity contribution in [1.82, 2.24) is 20.0 Å². The Bertz CT molecular complexity index is 1010. The van der Waals surface area contributed by atoms with Crippen molar-refractivity contribution in [3.63, 3.8) is 0 Å². The molecule has 0 bridgehead atoms. The molecule has 2 aliphatic rings. The van der Waals surface area contributed by atoms with Gasteiger partial charge in [-0.25, -0.2) is 0 Å². The second kappa shape index (κ2) is 8.55. The molecule has 0 saturated carbocycles. The predicted molar refractivity (Wildman–Crippen MR) is 118 cm³/mol. The number of benzene rings is 1. The zero-order valence-corrected chi connectivity index (χ0v) is 18.3. The summed E-state index contributed by atoms with van der Waals surface area (Å²) >= 11 is 0. The number of amides is 1. The molecule has 4 rings (SSSR count). The van der Waals surface area contributed by atoms with E-state index in [1.807, 2.05) is 17.0 Å². The summed E-state index contributed by atoms with van der Waals surface area (Å²) in [4.78, 5) is 18.4. The van der Waals surface area contributed by atoms with E-state index >= 15 is 0 Å². The van der Waals surface area contributed by atoms with E-state index in [0.29, 0.717) is 38.6 Å². The van der Waals surface area contributed by atoms with Gasteiger partial charge in [-0.2, -0.15) is 0 Å². The molecule has 1 aromatic heterocycles. The first-order valence-electron chi connectivity index (χ1n) is 10.5. The van der Waals surface area contributed by atoms with Gasteiger partial charge in [-0.3, -0.25) is 9.69 Å². The molecule has 0 aliphatic carbocycles. The fourth-order valence-electron chi connectivity index (χ4n) is 4.49. The van der Waals surface area contributed by atoms with Crippen LogP contribution in [-0.4, -0.2) is 63.8 Å². The molecule has 0 radical (unpaired) electrons. The van der Waals surface area contributed by atoms with Gasteiger partial charge in [0.05, 0.1) is 7.11 Å². The maximum atomic E-state index is 12.0. The molecule has 1 saturated heterocycles. The van der Waals surface area contributed by atoms with E-state index in [2.05, 4.69) is 40.4 Å². The Morgan fingerprint density at radius 2 is 2.06 bits per heavy atom. The van der Waals surface area contributed by atoms with Crippen LogP contribution in [0.3, 0.4) is 0 Å². The number of methoxy groups -OCH3 is 1. The second-order valence-corrected chi connectivity index (χ2v) is 8.28. The summed E-state index contributed by atoms with van der Waals surface area (Å²) in [5.74, 6) is 1.66. The number of anilines is 1. The molecular weight excluding hydrogens is 394 g/mol. The Labute approximate surface area is 182 Å². The number of carbonyl (C=O) groups excluding carboxylic acids is 1. The van der Waals surface area contributed by atoms with Gasteiger partial charge in [0.15, 0.2) is 5.82 Å². The van der Waals surface area contributed by atoms with Gasteiger partial charge in [-0.15, -0.1) is 10.2 Å². The van der Waals surface area contributed by atoms with Crippen LogP contribution in [0.1, 0.15) is 29.2 Å². The van der Waals surface area contributed by atoms with Gasteiger partial charge >= 0.3 is 0 Å². The Morgan fingerprint density at radius 3 is 2.77 bits per heavy atom. The monoisotopic (exact) mass is 423 g/mol. The molecule has 1 N–H and O–H groups in total. The smallest absolute Gasteiger partial charge is 0.246 e. The summed E-state index contributed by atoms with van der Waals surface area (Å²) in [6.07, 6.45) is 1.37. The molecule has 0 spiro atoms. The normalized spacial score (nSPS) is 18.7. The zero-order valence-electron chi connectivity index (χ0n) is 18.3. The summed E-state index contributed by atoms with van der Waals surface area (Å²) in [7, 11) is 1.62. The number of carbonyl (C=O) groups is 1. The topological polar surface area (TPSA) is 82.0 Å². The lowest BCUT2D eigenvalue weighted by molar-refractivity contribution is -0.126. The van der Waals surface area contributed by atoms with Crippen LogP contribution in [0.15, 0.2) is 30.9 Å². The highest BCUT2D eigenvalue weighted by Gasteiger charge is 2.33. The first kappa shape index (κ1) is 21.1. The van der Waals surface area contributed by atoms with Crippen LogP contribution < -0.4 is 9.64 Å². The number of fused-ring (bicyclic) bond motifs is 1. The Kier molecular flexibility index (Phi) is 5.82. The summed E-state index contributed by atoms with van der Waals surface area (Å²) in [6.45, 7) is 11.9. The van der Waals surface area contributed by atoms with E-state index in [0.717, 1.165) is 34.6 Å². The molecular formula is C23H29N5O3. The van der Waals surface area contributed by atoms with Crippen molar-refractivity contribution in [3.05, 3.63) is 53.1 Å². The Hall–Kier alpha value is -3.13. The van der Waals surface area contributed by atoms with Gasteiger partial charge in [-0.1, -0.05) is 12.6 Å². The third-order valence-electron chi connectivity index (χ3n) is 6.20. The highest BCUT2D eigenvalue weighted by molar-refractivity contribution is 5.87. The van der Waals surface area contributed by atoms with Crippen molar-refractivity contribution in [3.8, 4) is 11.6 Å². The van der Waals surface area contributed by atoms with Gasteiger partial charge in [0.25, 0.3) is 0 Å². The molecule has 8 nitrogen and oxygen atoms in total.